The first-order valence-corrected chi connectivity index (χ1v) is 6.88. The lowest BCUT2D eigenvalue weighted by Gasteiger charge is -2.15. The molecule has 0 aliphatic heterocycles. The molecule has 1 aliphatic rings. The van der Waals surface area contributed by atoms with Crippen molar-refractivity contribution in [2.24, 2.45) is 0 Å². The van der Waals surface area contributed by atoms with E-state index < -0.39 is 0 Å². The Labute approximate surface area is 109 Å². The van der Waals surface area contributed by atoms with Crippen LogP contribution >= 0.6 is 0 Å². The zero-order valence-corrected chi connectivity index (χ0v) is 11.3. The summed E-state index contributed by atoms with van der Waals surface area (Å²) in [7, 11) is 0. The Morgan fingerprint density at radius 2 is 2.33 bits per heavy atom. The van der Waals surface area contributed by atoms with Crippen LogP contribution in [0.1, 0.15) is 38.8 Å². The van der Waals surface area contributed by atoms with E-state index in [1.165, 1.54) is 5.69 Å². The molecule has 4 heteroatoms. The second-order valence-corrected chi connectivity index (χ2v) is 5.08. The van der Waals surface area contributed by atoms with Gasteiger partial charge in [0.25, 0.3) is 0 Å². The van der Waals surface area contributed by atoms with Gasteiger partial charge < -0.3 is 15.2 Å². The van der Waals surface area contributed by atoms with Gasteiger partial charge in [0.2, 0.25) is 5.91 Å². The molecule has 1 amide bonds. The zero-order valence-electron chi connectivity index (χ0n) is 11.3. The summed E-state index contributed by atoms with van der Waals surface area (Å²) in [6.45, 7) is 5.87. The molecule has 18 heavy (non-hydrogen) atoms. The predicted octanol–water partition coefficient (Wildman–Crippen LogP) is 1.65. The monoisotopic (exact) mass is 249 g/mol. The molecule has 1 aromatic rings. The highest BCUT2D eigenvalue weighted by molar-refractivity contribution is 5.81. The number of aryl methyl sites for hydroxylation is 1. The van der Waals surface area contributed by atoms with Crippen molar-refractivity contribution in [3.05, 3.63) is 24.0 Å². The summed E-state index contributed by atoms with van der Waals surface area (Å²) in [5, 5.41) is 6.30. The summed E-state index contributed by atoms with van der Waals surface area (Å²) in [4.78, 5) is 11.8. The van der Waals surface area contributed by atoms with Crippen LogP contribution in [0.4, 0.5) is 0 Å². The van der Waals surface area contributed by atoms with Crippen molar-refractivity contribution < 1.29 is 4.79 Å². The maximum absolute atomic E-state index is 11.8. The fourth-order valence-corrected chi connectivity index (χ4v) is 1.97. The third kappa shape index (κ3) is 3.60. The molecule has 2 rings (SSSR count). The van der Waals surface area contributed by atoms with E-state index in [1.807, 2.05) is 6.92 Å². The summed E-state index contributed by atoms with van der Waals surface area (Å²) in [6, 6.07) is 4.47. The van der Waals surface area contributed by atoms with Crippen molar-refractivity contribution >= 4 is 5.91 Å². The fourth-order valence-electron chi connectivity index (χ4n) is 1.97. The van der Waals surface area contributed by atoms with Crippen LogP contribution in [0, 0.1) is 0 Å². The van der Waals surface area contributed by atoms with Crippen LogP contribution in [0.2, 0.25) is 0 Å². The average molecular weight is 249 g/mol. The van der Waals surface area contributed by atoms with Crippen molar-refractivity contribution in [1.29, 1.82) is 0 Å². The van der Waals surface area contributed by atoms with E-state index in [1.54, 1.807) is 0 Å². The Balaban J connectivity index is 1.78. The maximum Gasteiger partial charge on any atom is 0.237 e. The molecule has 1 atom stereocenters. The molecule has 4 nitrogen and oxygen atoms in total. The number of carbonyl (C=O) groups is 1. The fraction of sp³-hybridized carbons (Fsp3) is 0.643. The minimum atomic E-state index is -0.129. The van der Waals surface area contributed by atoms with E-state index >= 15 is 0 Å². The van der Waals surface area contributed by atoms with Crippen LogP contribution < -0.4 is 10.6 Å². The first kappa shape index (κ1) is 13.1. The van der Waals surface area contributed by atoms with Crippen LogP contribution in [0.25, 0.3) is 0 Å². The van der Waals surface area contributed by atoms with Gasteiger partial charge in [-0.05, 0) is 38.3 Å². The molecule has 1 aliphatic carbocycles. The van der Waals surface area contributed by atoms with E-state index in [-0.39, 0.29) is 11.9 Å². The Morgan fingerprint density at radius 3 is 3.00 bits per heavy atom. The lowest BCUT2D eigenvalue weighted by atomic mass is 10.3. The van der Waals surface area contributed by atoms with Gasteiger partial charge in [-0.1, -0.05) is 6.92 Å². The lowest BCUT2D eigenvalue weighted by molar-refractivity contribution is -0.122. The van der Waals surface area contributed by atoms with Crippen LogP contribution in [0.5, 0.6) is 0 Å². The van der Waals surface area contributed by atoms with Crippen LogP contribution in [-0.4, -0.2) is 22.6 Å². The molecule has 0 aromatic carbocycles. The molecule has 100 valence electrons. The number of hydrogen-bond donors (Lipinski definition) is 2. The van der Waals surface area contributed by atoms with Gasteiger partial charge in [0.1, 0.15) is 0 Å². The third-order valence-electron chi connectivity index (χ3n) is 3.29. The SMILES string of the molecule is CCCn1cccc1CNC(C)C(=O)NC1CC1. The number of nitrogens with one attached hydrogen (secondary N) is 2. The van der Waals surface area contributed by atoms with Crippen molar-refractivity contribution in [2.45, 2.75) is 58.3 Å². The summed E-state index contributed by atoms with van der Waals surface area (Å²) in [6.07, 6.45) is 5.49. The molecular formula is C14H23N3O. The van der Waals surface area contributed by atoms with Gasteiger partial charge in [-0.25, -0.2) is 0 Å². The Bertz CT molecular complexity index is 395. The van der Waals surface area contributed by atoms with Gasteiger partial charge in [-0.3, -0.25) is 4.79 Å². The smallest absolute Gasteiger partial charge is 0.237 e. The topological polar surface area (TPSA) is 46.1 Å². The molecule has 0 radical (unpaired) electrons. The van der Waals surface area contributed by atoms with Gasteiger partial charge in [0.15, 0.2) is 0 Å². The second-order valence-electron chi connectivity index (χ2n) is 5.08. The summed E-state index contributed by atoms with van der Waals surface area (Å²) < 4.78 is 2.23. The van der Waals surface area contributed by atoms with Crippen molar-refractivity contribution in [3.8, 4) is 0 Å². The average Bonchev–Trinajstić information content (AvgIpc) is 3.05. The number of rotatable bonds is 7. The molecule has 1 fully saturated rings. The quantitative estimate of drug-likeness (QED) is 0.772. The van der Waals surface area contributed by atoms with Gasteiger partial charge in [-0.2, -0.15) is 0 Å². The highest BCUT2D eigenvalue weighted by Gasteiger charge is 2.25. The van der Waals surface area contributed by atoms with Crippen molar-refractivity contribution in [1.82, 2.24) is 15.2 Å². The molecule has 1 unspecified atom stereocenters. The van der Waals surface area contributed by atoms with Gasteiger partial charge in [0.05, 0.1) is 6.04 Å². The molecule has 0 spiro atoms. The minimum Gasteiger partial charge on any atom is -0.352 e. The first-order valence-electron chi connectivity index (χ1n) is 6.88. The molecule has 0 saturated heterocycles. The molecule has 1 aromatic heterocycles. The highest BCUT2D eigenvalue weighted by atomic mass is 16.2. The van der Waals surface area contributed by atoms with Crippen LogP contribution in [0.15, 0.2) is 18.3 Å². The largest absolute Gasteiger partial charge is 0.352 e. The predicted molar refractivity (Wildman–Crippen MR) is 72.2 cm³/mol. The summed E-state index contributed by atoms with van der Waals surface area (Å²) >= 11 is 0. The Hall–Kier alpha value is -1.29. The van der Waals surface area contributed by atoms with E-state index in [0.717, 1.165) is 32.4 Å². The number of carbonyl (C=O) groups excluding carboxylic acids is 1. The number of aromatic nitrogens is 1. The molecular weight excluding hydrogens is 226 g/mol. The van der Waals surface area contributed by atoms with E-state index in [2.05, 4.69) is 40.5 Å². The van der Waals surface area contributed by atoms with Gasteiger partial charge in [0, 0.05) is 31.0 Å². The zero-order chi connectivity index (χ0) is 13.0. The van der Waals surface area contributed by atoms with Gasteiger partial charge in [-0.15, -0.1) is 0 Å². The minimum absolute atomic E-state index is 0.117. The maximum atomic E-state index is 11.8. The second kappa shape index (κ2) is 6.05. The standard InChI is InChI=1S/C14H23N3O/c1-3-8-17-9-4-5-13(17)10-15-11(2)14(18)16-12-6-7-12/h4-5,9,11-12,15H,3,6-8,10H2,1-2H3,(H,16,18). The first-order chi connectivity index (χ1) is 8.70. The summed E-state index contributed by atoms with van der Waals surface area (Å²) in [5.41, 5.74) is 1.24. The van der Waals surface area contributed by atoms with E-state index in [0.29, 0.717) is 6.04 Å². The molecule has 2 N–H and O–H groups in total. The van der Waals surface area contributed by atoms with Crippen LogP contribution in [0.3, 0.4) is 0 Å². The van der Waals surface area contributed by atoms with E-state index in [4.69, 9.17) is 0 Å². The Morgan fingerprint density at radius 1 is 1.56 bits per heavy atom. The van der Waals surface area contributed by atoms with Crippen LogP contribution in [-0.2, 0) is 17.9 Å². The van der Waals surface area contributed by atoms with E-state index in [9.17, 15) is 4.79 Å². The number of hydrogen-bond acceptors (Lipinski definition) is 2. The van der Waals surface area contributed by atoms with Crippen molar-refractivity contribution in [3.63, 3.8) is 0 Å². The van der Waals surface area contributed by atoms with Gasteiger partial charge >= 0.3 is 0 Å². The third-order valence-corrected chi connectivity index (χ3v) is 3.29. The molecule has 1 saturated carbocycles. The number of amides is 1. The normalized spacial score (nSPS) is 16.6. The Kier molecular flexibility index (Phi) is 4.42. The molecule has 0 bridgehead atoms. The lowest BCUT2D eigenvalue weighted by Crippen LogP contribution is -2.42. The molecule has 1 heterocycles. The number of nitrogens with zero attached hydrogens (tertiary/aromatic N) is 1. The van der Waals surface area contributed by atoms with Crippen molar-refractivity contribution in [2.75, 3.05) is 0 Å². The summed E-state index contributed by atoms with van der Waals surface area (Å²) in [5.74, 6) is 0.117. The highest BCUT2D eigenvalue weighted by Crippen LogP contribution is 2.18.